The van der Waals surface area contributed by atoms with Gasteiger partial charge in [0.05, 0.1) is 6.04 Å². The minimum absolute atomic E-state index is 0.140. The first kappa shape index (κ1) is 10.7. The third-order valence-corrected chi connectivity index (χ3v) is 1.43. The van der Waals surface area contributed by atoms with Crippen LogP contribution in [0.5, 0.6) is 0 Å². The van der Waals surface area contributed by atoms with Gasteiger partial charge in [-0.2, -0.15) is 0 Å². The average molecular weight is 174 g/mol. The van der Waals surface area contributed by atoms with Gasteiger partial charge in [-0.3, -0.25) is 4.79 Å². The van der Waals surface area contributed by atoms with Crippen LogP contribution < -0.4 is 17.2 Å². The molecular weight excluding hydrogens is 160 g/mol. The van der Waals surface area contributed by atoms with Crippen LogP contribution in [0.3, 0.4) is 0 Å². The molecule has 6 heteroatoms. The molecule has 12 heavy (non-hydrogen) atoms. The maximum atomic E-state index is 10.4. The summed E-state index contributed by atoms with van der Waals surface area (Å²) in [5.74, 6) is -1.24. The first-order valence-corrected chi connectivity index (χ1v) is 3.56. The van der Waals surface area contributed by atoms with Gasteiger partial charge < -0.3 is 22.3 Å². The first-order chi connectivity index (χ1) is 5.49. The lowest BCUT2D eigenvalue weighted by Crippen LogP contribution is -2.42. The second-order valence-corrected chi connectivity index (χ2v) is 2.39. The molecule has 0 saturated heterocycles. The van der Waals surface area contributed by atoms with Crippen LogP contribution in [0.1, 0.15) is 13.3 Å². The molecule has 0 bridgehead atoms. The summed E-state index contributed by atoms with van der Waals surface area (Å²) in [7, 11) is 0. The molecule has 0 aliphatic heterocycles. The van der Waals surface area contributed by atoms with Crippen LogP contribution in [-0.2, 0) is 4.79 Å². The van der Waals surface area contributed by atoms with Crippen molar-refractivity contribution in [3.8, 4) is 0 Å². The summed E-state index contributed by atoms with van der Waals surface area (Å²) in [6.07, 6.45) is 0.491. The lowest BCUT2D eigenvalue weighted by molar-refractivity contribution is -0.139. The second-order valence-electron chi connectivity index (χ2n) is 2.39. The molecule has 0 rings (SSSR count). The zero-order valence-electron chi connectivity index (χ0n) is 6.90. The number of hydrogen-bond donors (Lipinski definition) is 4. The molecule has 0 heterocycles. The fraction of sp³-hybridized carbons (Fsp3) is 0.667. The molecule has 0 aliphatic rings. The highest BCUT2D eigenvalue weighted by molar-refractivity contribution is 5.78. The molecule has 2 atom stereocenters. The van der Waals surface area contributed by atoms with Gasteiger partial charge in [-0.15, -0.1) is 0 Å². The van der Waals surface area contributed by atoms with E-state index in [4.69, 9.17) is 22.3 Å². The van der Waals surface area contributed by atoms with Gasteiger partial charge >= 0.3 is 5.97 Å². The molecule has 0 aromatic rings. The summed E-state index contributed by atoms with van der Waals surface area (Å²) < 4.78 is 0. The lowest BCUT2D eigenvalue weighted by atomic mass is 10.1. The average Bonchev–Trinajstić information content (AvgIpc) is 1.98. The summed E-state index contributed by atoms with van der Waals surface area (Å²) in [4.78, 5) is 14.1. The maximum Gasteiger partial charge on any atom is 0.322 e. The Kier molecular flexibility index (Phi) is 4.06. The number of carbonyl (C=O) groups is 1. The molecule has 70 valence electrons. The van der Waals surface area contributed by atoms with E-state index in [0.717, 1.165) is 0 Å². The number of carboxylic acids is 1. The van der Waals surface area contributed by atoms with Crippen LogP contribution in [-0.4, -0.2) is 29.1 Å². The number of nitrogens with two attached hydrogens (primary N) is 3. The van der Waals surface area contributed by atoms with Gasteiger partial charge in [0.1, 0.15) is 6.04 Å². The Morgan fingerprint density at radius 2 is 2.08 bits per heavy atom. The van der Waals surface area contributed by atoms with Crippen LogP contribution in [0.25, 0.3) is 0 Å². The summed E-state index contributed by atoms with van der Waals surface area (Å²) in [6, 6.07) is -1.59. The van der Waals surface area contributed by atoms with E-state index < -0.39 is 18.1 Å². The standard InChI is InChI=1S/C6H14N4O2/c1-2-3(10-6(8)9)4(7)5(11)12/h3-4H,2,7H2,1H3,(H,11,12)(H4,8,9,10)/t3?,4-/m0/s1. The Labute approximate surface area is 70.4 Å². The second kappa shape index (κ2) is 4.55. The van der Waals surface area contributed by atoms with Crippen LogP contribution in [0, 0.1) is 0 Å². The number of rotatable bonds is 4. The fourth-order valence-corrected chi connectivity index (χ4v) is 0.782. The topological polar surface area (TPSA) is 128 Å². The SMILES string of the molecule is CCC(N=C(N)N)[C@H](N)C(=O)O. The third kappa shape index (κ3) is 3.20. The van der Waals surface area contributed by atoms with Crippen LogP contribution >= 0.6 is 0 Å². The summed E-state index contributed by atoms with van der Waals surface area (Å²) in [5.41, 5.74) is 15.5. The Balaban J connectivity index is 4.35. The van der Waals surface area contributed by atoms with E-state index in [1.807, 2.05) is 0 Å². The van der Waals surface area contributed by atoms with Gasteiger partial charge in [0, 0.05) is 0 Å². The van der Waals surface area contributed by atoms with Crippen molar-refractivity contribution in [2.24, 2.45) is 22.2 Å². The molecule has 0 aromatic heterocycles. The van der Waals surface area contributed by atoms with Crippen molar-refractivity contribution in [2.45, 2.75) is 25.4 Å². The highest BCUT2D eigenvalue weighted by atomic mass is 16.4. The minimum Gasteiger partial charge on any atom is -0.480 e. The smallest absolute Gasteiger partial charge is 0.322 e. The van der Waals surface area contributed by atoms with E-state index in [-0.39, 0.29) is 5.96 Å². The zero-order chi connectivity index (χ0) is 9.72. The van der Waals surface area contributed by atoms with Crippen molar-refractivity contribution in [1.29, 1.82) is 0 Å². The first-order valence-electron chi connectivity index (χ1n) is 3.56. The van der Waals surface area contributed by atoms with Crippen molar-refractivity contribution in [1.82, 2.24) is 0 Å². The molecule has 7 N–H and O–H groups in total. The molecule has 1 unspecified atom stereocenters. The van der Waals surface area contributed by atoms with Crippen molar-refractivity contribution in [3.63, 3.8) is 0 Å². The number of carboxylic acid groups (broad SMARTS) is 1. The zero-order valence-corrected chi connectivity index (χ0v) is 6.90. The van der Waals surface area contributed by atoms with E-state index in [2.05, 4.69) is 4.99 Å². The minimum atomic E-state index is -1.10. The van der Waals surface area contributed by atoms with Gasteiger partial charge in [-0.05, 0) is 6.42 Å². The van der Waals surface area contributed by atoms with Crippen LogP contribution in [0.2, 0.25) is 0 Å². The summed E-state index contributed by atoms with van der Waals surface area (Å²) in [5, 5.41) is 8.52. The van der Waals surface area contributed by atoms with Crippen molar-refractivity contribution in [2.75, 3.05) is 0 Å². The molecule has 0 saturated carbocycles. The monoisotopic (exact) mass is 174 g/mol. The predicted molar refractivity (Wildman–Crippen MR) is 45.5 cm³/mol. The van der Waals surface area contributed by atoms with Crippen molar-refractivity contribution in [3.05, 3.63) is 0 Å². The van der Waals surface area contributed by atoms with E-state index in [0.29, 0.717) is 6.42 Å². The van der Waals surface area contributed by atoms with Gasteiger partial charge in [0.25, 0.3) is 0 Å². The van der Waals surface area contributed by atoms with E-state index in [1.165, 1.54) is 0 Å². The van der Waals surface area contributed by atoms with Crippen molar-refractivity contribution >= 4 is 11.9 Å². The van der Waals surface area contributed by atoms with Gasteiger partial charge in [-0.25, -0.2) is 4.99 Å². The maximum absolute atomic E-state index is 10.4. The van der Waals surface area contributed by atoms with Crippen molar-refractivity contribution < 1.29 is 9.90 Å². The summed E-state index contributed by atoms with van der Waals surface area (Å²) in [6.45, 7) is 1.76. The number of nitrogens with zero attached hydrogens (tertiary/aromatic N) is 1. The lowest BCUT2D eigenvalue weighted by Gasteiger charge is -2.14. The molecule has 6 nitrogen and oxygen atoms in total. The van der Waals surface area contributed by atoms with Crippen LogP contribution in [0.4, 0.5) is 0 Å². The van der Waals surface area contributed by atoms with Gasteiger partial charge in [-0.1, -0.05) is 6.92 Å². The number of hydrogen-bond acceptors (Lipinski definition) is 3. The molecule has 0 radical (unpaired) electrons. The number of aliphatic imine (C=N–C) groups is 1. The quantitative estimate of drug-likeness (QED) is 0.303. The highest BCUT2D eigenvalue weighted by Gasteiger charge is 2.21. The predicted octanol–water partition coefficient (Wildman–Crippen LogP) is -1.55. The number of guanidine groups is 1. The van der Waals surface area contributed by atoms with E-state index in [1.54, 1.807) is 6.92 Å². The van der Waals surface area contributed by atoms with Gasteiger partial charge in [0.15, 0.2) is 5.96 Å². The van der Waals surface area contributed by atoms with Crippen LogP contribution in [0.15, 0.2) is 4.99 Å². The van der Waals surface area contributed by atoms with E-state index >= 15 is 0 Å². The molecule has 0 amide bonds. The highest BCUT2D eigenvalue weighted by Crippen LogP contribution is 2.01. The normalized spacial score (nSPS) is 14.8. The Morgan fingerprint density at radius 1 is 1.58 bits per heavy atom. The van der Waals surface area contributed by atoms with E-state index in [9.17, 15) is 4.79 Å². The molecule has 0 aliphatic carbocycles. The molecular formula is C6H14N4O2. The molecule has 0 spiro atoms. The molecule has 0 fully saturated rings. The third-order valence-electron chi connectivity index (χ3n) is 1.43. The fourth-order valence-electron chi connectivity index (χ4n) is 0.782. The largest absolute Gasteiger partial charge is 0.480 e. The number of aliphatic carboxylic acids is 1. The Bertz CT molecular complexity index is 188. The Morgan fingerprint density at radius 3 is 2.33 bits per heavy atom. The van der Waals surface area contributed by atoms with Gasteiger partial charge in [0.2, 0.25) is 0 Å². The Hall–Kier alpha value is -1.30. The molecule has 0 aromatic carbocycles. The summed E-state index contributed by atoms with van der Waals surface area (Å²) >= 11 is 0.